The Hall–Kier alpha value is -1.13. The Kier molecular flexibility index (Phi) is 4.19. The van der Waals surface area contributed by atoms with Gasteiger partial charge in [-0.25, -0.2) is 0 Å². The molecule has 1 N–H and O–H groups in total. The second kappa shape index (κ2) is 5.67. The lowest BCUT2D eigenvalue weighted by Crippen LogP contribution is -2.09. The third-order valence-corrected chi connectivity index (χ3v) is 3.39. The molecule has 0 aliphatic heterocycles. The number of halogens is 1. The van der Waals surface area contributed by atoms with Crippen molar-refractivity contribution >= 4 is 15.9 Å². The third-order valence-electron chi connectivity index (χ3n) is 2.90. The summed E-state index contributed by atoms with van der Waals surface area (Å²) in [5, 5.41) is 13.7. The number of nitrogens with zero attached hydrogens (tertiary/aromatic N) is 2. The van der Waals surface area contributed by atoms with Crippen molar-refractivity contribution in [2.45, 2.75) is 32.9 Å². The number of aromatic nitrogens is 2. The topological polar surface area (TPSA) is 38.1 Å². The van der Waals surface area contributed by atoms with E-state index in [1.165, 1.54) is 5.56 Å². The van der Waals surface area contributed by atoms with Gasteiger partial charge in [0.1, 0.15) is 0 Å². The maximum absolute atomic E-state index is 9.33. The molecule has 2 aromatic rings. The fourth-order valence-corrected chi connectivity index (χ4v) is 2.61. The monoisotopic (exact) mass is 308 g/mol. The maximum Gasteiger partial charge on any atom is 0.0715 e. The Bertz CT molecular complexity index is 534. The molecule has 0 fully saturated rings. The minimum atomic E-state index is 0.0476. The van der Waals surface area contributed by atoms with Crippen molar-refractivity contribution in [3.63, 3.8) is 0 Å². The molecule has 0 atom stereocenters. The van der Waals surface area contributed by atoms with Crippen molar-refractivity contribution in [1.29, 1.82) is 0 Å². The molecular weight excluding hydrogens is 292 g/mol. The zero-order chi connectivity index (χ0) is 13.1. The third kappa shape index (κ3) is 2.82. The molecule has 0 aliphatic carbocycles. The first kappa shape index (κ1) is 13.3. The second-order valence-electron chi connectivity index (χ2n) is 4.66. The summed E-state index contributed by atoms with van der Waals surface area (Å²) in [6, 6.07) is 8.19. The van der Waals surface area contributed by atoms with Crippen molar-refractivity contribution in [3.05, 3.63) is 51.8 Å². The van der Waals surface area contributed by atoms with Gasteiger partial charge >= 0.3 is 0 Å². The molecule has 3 nitrogen and oxygen atoms in total. The van der Waals surface area contributed by atoms with Gasteiger partial charge in [0.25, 0.3) is 0 Å². The zero-order valence-corrected chi connectivity index (χ0v) is 12.2. The highest BCUT2D eigenvalue weighted by atomic mass is 79.9. The number of aliphatic hydroxyl groups is 1. The zero-order valence-electron chi connectivity index (χ0n) is 10.6. The van der Waals surface area contributed by atoms with E-state index in [-0.39, 0.29) is 6.61 Å². The van der Waals surface area contributed by atoms with E-state index in [2.05, 4.69) is 47.0 Å². The molecule has 4 heteroatoms. The van der Waals surface area contributed by atoms with Crippen LogP contribution in [0, 0.1) is 0 Å². The standard InChI is InChI=1S/C14H17BrN2O/c1-10(2)14-12(9-18)7-16-17(14)8-11-4-3-5-13(15)6-11/h3-7,10,18H,8-9H2,1-2H3. The highest BCUT2D eigenvalue weighted by Crippen LogP contribution is 2.21. The summed E-state index contributed by atoms with van der Waals surface area (Å²) in [4.78, 5) is 0. The fraction of sp³-hybridized carbons (Fsp3) is 0.357. The van der Waals surface area contributed by atoms with E-state index < -0.39 is 0 Å². The van der Waals surface area contributed by atoms with E-state index in [0.29, 0.717) is 5.92 Å². The number of benzene rings is 1. The minimum Gasteiger partial charge on any atom is -0.392 e. The number of hydrogen-bond acceptors (Lipinski definition) is 2. The Morgan fingerprint density at radius 1 is 1.39 bits per heavy atom. The first-order valence-corrected chi connectivity index (χ1v) is 6.81. The normalized spacial score (nSPS) is 11.2. The average Bonchev–Trinajstić information content (AvgIpc) is 2.72. The molecule has 0 amide bonds. The molecule has 1 aromatic heterocycles. The van der Waals surface area contributed by atoms with Crippen LogP contribution >= 0.6 is 15.9 Å². The summed E-state index contributed by atoms with van der Waals surface area (Å²) in [7, 11) is 0. The van der Waals surface area contributed by atoms with E-state index in [1.54, 1.807) is 6.20 Å². The van der Waals surface area contributed by atoms with Crippen LogP contribution in [-0.4, -0.2) is 14.9 Å². The van der Waals surface area contributed by atoms with Gasteiger partial charge in [-0.05, 0) is 23.6 Å². The van der Waals surface area contributed by atoms with Gasteiger partial charge in [0.2, 0.25) is 0 Å². The van der Waals surface area contributed by atoms with Crippen LogP contribution < -0.4 is 0 Å². The van der Waals surface area contributed by atoms with E-state index >= 15 is 0 Å². The minimum absolute atomic E-state index is 0.0476. The number of rotatable bonds is 4. The molecule has 1 heterocycles. The first-order valence-electron chi connectivity index (χ1n) is 6.01. The van der Waals surface area contributed by atoms with Crippen LogP contribution in [0.4, 0.5) is 0 Å². The van der Waals surface area contributed by atoms with E-state index in [1.807, 2.05) is 16.8 Å². The van der Waals surface area contributed by atoms with Gasteiger partial charge in [-0.2, -0.15) is 5.10 Å². The molecule has 0 saturated heterocycles. The largest absolute Gasteiger partial charge is 0.392 e. The summed E-state index contributed by atoms with van der Waals surface area (Å²) in [6.45, 7) is 5.01. The Balaban J connectivity index is 2.32. The van der Waals surface area contributed by atoms with Gasteiger partial charge in [0.05, 0.1) is 19.3 Å². The number of aliphatic hydroxyl groups excluding tert-OH is 1. The molecule has 0 unspecified atom stereocenters. The lowest BCUT2D eigenvalue weighted by atomic mass is 10.1. The highest BCUT2D eigenvalue weighted by molar-refractivity contribution is 9.10. The highest BCUT2D eigenvalue weighted by Gasteiger charge is 2.13. The Morgan fingerprint density at radius 2 is 2.17 bits per heavy atom. The molecule has 96 valence electrons. The fourth-order valence-electron chi connectivity index (χ4n) is 2.16. The summed E-state index contributed by atoms with van der Waals surface area (Å²) < 4.78 is 3.04. The molecule has 1 aromatic carbocycles. The summed E-state index contributed by atoms with van der Waals surface area (Å²) in [6.07, 6.45) is 1.76. The summed E-state index contributed by atoms with van der Waals surface area (Å²) in [5.41, 5.74) is 3.22. The van der Waals surface area contributed by atoms with Gasteiger partial charge in [-0.1, -0.05) is 41.9 Å². The van der Waals surface area contributed by atoms with Crippen LogP contribution in [0.25, 0.3) is 0 Å². The first-order chi connectivity index (χ1) is 8.61. The van der Waals surface area contributed by atoms with Crippen molar-refractivity contribution in [2.24, 2.45) is 0 Å². The van der Waals surface area contributed by atoms with Gasteiger partial charge in [-0.3, -0.25) is 4.68 Å². The van der Waals surface area contributed by atoms with E-state index in [0.717, 1.165) is 22.3 Å². The second-order valence-corrected chi connectivity index (χ2v) is 5.57. The van der Waals surface area contributed by atoms with Gasteiger partial charge in [0.15, 0.2) is 0 Å². The molecule has 2 rings (SSSR count). The summed E-state index contributed by atoms with van der Waals surface area (Å²) in [5.74, 6) is 0.349. The van der Waals surface area contributed by atoms with E-state index in [9.17, 15) is 5.11 Å². The average molecular weight is 309 g/mol. The van der Waals surface area contributed by atoms with Gasteiger partial charge < -0.3 is 5.11 Å². The number of hydrogen-bond donors (Lipinski definition) is 1. The molecule has 18 heavy (non-hydrogen) atoms. The maximum atomic E-state index is 9.33. The van der Waals surface area contributed by atoms with Crippen molar-refractivity contribution in [3.8, 4) is 0 Å². The molecule has 0 aliphatic rings. The molecule has 0 spiro atoms. The predicted molar refractivity (Wildman–Crippen MR) is 75.5 cm³/mol. The van der Waals surface area contributed by atoms with Crippen molar-refractivity contribution in [1.82, 2.24) is 9.78 Å². The van der Waals surface area contributed by atoms with Crippen LogP contribution in [0.3, 0.4) is 0 Å². The SMILES string of the molecule is CC(C)c1c(CO)cnn1Cc1cccc(Br)c1. The molecule has 0 saturated carbocycles. The lowest BCUT2D eigenvalue weighted by Gasteiger charge is -2.12. The Morgan fingerprint density at radius 3 is 2.78 bits per heavy atom. The van der Waals surface area contributed by atoms with Crippen molar-refractivity contribution in [2.75, 3.05) is 0 Å². The lowest BCUT2D eigenvalue weighted by molar-refractivity contribution is 0.279. The van der Waals surface area contributed by atoms with Crippen molar-refractivity contribution < 1.29 is 5.11 Å². The molecule has 0 bridgehead atoms. The predicted octanol–water partition coefficient (Wildman–Crippen LogP) is 3.31. The van der Waals surface area contributed by atoms with Crippen LogP contribution in [-0.2, 0) is 13.2 Å². The van der Waals surface area contributed by atoms with Gasteiger partial charge in [-0.15, -0.1) is 0 Å². The van der Waals surface area contributed by atoms with Crippen LogP contribution in [0.2, 0.25) is 0 Å². The smallest absolute Gasteiger partial charge is 0.0715 e. The van der Waals surface area contributed by atoms with E-state index in [4.69, 9.17) is 0 Å². The Labute approximate surface area is 116 Å². The van der Waals surface area contributed by atoms with Crippen LogP contribution in [0.1, 0.15) is 36.6 Å². The van der Waals surface area contributed by atoms with Crippen LogP contribution in [0.15, 0.2) is 34.9 Å². The van der Waals surface area contributed by atoms with Gasteiger partial charge in [0, 0.05) is 15.7 Å². The van der Waals surface area contributed by atoms with Crippen LogP contribution in [0.5, 0.6) is 0 Å². The molecule has 0 radical (unpaired) electrons. The quantitative estimate of drug-likeness (QED) is 0.941. The molecular formula is C14H17BrN2O. The summed E-state index contributed by atoms with van der Waals surface area (Å²) >= 11 is 3.47.